The van der Waals surface area contributed by atoms with Gasteiger partial charge in [-0.3, -0.25) is 9.88 Å². The molecular weight excluding hydrogens is 562 g/mol. The van der Waals surface area contributed by atoms with Crippen LogP contribution in [0.15, 0.2) is 48.9 Å². The summed E-state index contributed by atoms with van der Waals surface area (Å²) in [6, 6.07) is 11.0. The van der Waals surface area contributed by atoms with Crippen molar-refractivity contribution in [2.24, 2.45) is 5.41 Å². The second-order valence-corrected chi connectivity index (χ2v) is 13.0. The number of esters is 1. The Morgan fingerprint density at radius 3 is 2.57 bits per heavy atom. The Labute approximate surface area is 258 Å². The molecule has 44 heavy (non-hydrogen) atoms. The molecular formula is C32H43N7O5. The van der Waals surface area contributed by atoms with E-state index in [-0.39, 0.29) is 18.1 Å². The number of hydrogen-bond donors (Lipinski definition) is 2. The Hall–Kier alpha value is -4.32. The number of carbonyl (C=O) groups is 2. The van der Waals surface area contributed by atoms with Crippen molar-refractivity contribution < 1.29 is 24.2 Å². The number of aryl methyl sites for hydroxylation is 1. The highest BCUT2D eigenvalue weighted by molar-refractivity contribution is 5.71. The van der Waals surface area contributed by atoms with Gasteiger partial charge in [-0.05, 0) is 69.8 Å². The van der Waals surface area contributed by atoms with E-state index in [1.807, 2.05) is 39.0 Å². The molecule has 1 aliphatic rings. The quantitative estimate of drug-likeness (QED) is 0.300. The summed E-state index contributed by atoms with van der Waals surface area (Å²) in [4.78, 5) is 45.4. The third kappa shape index (κ3) is 9.60. The van der Waals surface area contributed by atoms with Crippen LogP contribution in [-0.4, -0.2) is 91.3 Å². The summed E-state index contributed by atoms with van der Waals surface area (Å²) in [5.41, 5.74) is 1.75. The van der Waals surface area contributed by atoms with Gasteiger partial charge < -0.3 is 24.8 Å². The van der Waals surface area contributed by atoms with Gasteiger partial charge in [-0.2, -0.15) is 4.98 Å². The van der Waals surface area contributed by atoms with E-state index in [1.54, 1.807) is 29.3 Å². The van der Waals surface area contributed by atoms with Crippen LogP contribution in [0, 0.1) is 5.41 Å². The third-order valence-corrected chi connectivity index (χ3v) is 7.13. The summed E-state index contributed by atoms with van der Waals surface area (Å²) in [5.74, 6) is 0.946. The molecule has 2 aromatic heterocycles. The maximum absolute atomic E-state index is 12.0. The minimum absolute atomic E-state index is 0.0471. The normalized spacial score (nSPS) is 16.0. The Morgan fingerprint density at radius 1 is 1.05 bits per heavy atom. The highest BCUT2D eigenvalue weighted by Gasteiger charge is 2.37. The van der Waals surface area contributed by atoms with Gasteiger partial charge in [0.2, 0.25) is 5.95 Å². The second kappa shape index (κ2) is 14.0. The zero-order chi connectivity index (χ0) is 31.9. The van der Waals surface area contributed by atoms with E-state index < -0.39 is 17.7 Å². The zero-order valence-corrected chi connectivity index (χ0v) is 26.4. The molecule has 236 valence electrons. The molecule has 0 aliphatic carbocycles. The highest BCUT2D eigenvalue weighted by atomic mass is 16.6. The summed E-state index contributed by atoms with van der Waals surface area (Å²) < 4.78 is 10.9. The van der Waals surface area contributed by atoms with E-state index in [9.17, 15) is 14.7 Å². The van der Waals surface area contributed by atoms with Gasteiger partial charge in [-0.1, -0.05) is 26.8 Å². The Balaban J connectivity index is 1.33. The lowest BCUT2D eigenvalue weighted by Gasteiger charge is -2.46. The van der Waals surface area contributed by atoms with Crippen molar-refractivity contribution in [3.05, 3.63) is 54.6 Å². The average Bonchev–Trinajstić information content (AvgIpc) is 2.95. The topological polar surface area (TPSA) is 143 Å². The number of carbonyl (C=O) groups excluding carboxylic acids is 1. The molecule has 0 saturated carbocycles. The van der Waals surface area contributed by atoms with E-state index in [0.29, 0.717) is 29.8 Å². The van der Waals surface area contributed by atoms with Crippen LogP contribution in [0.25, 0.3) is 11.4 Å². The number of rotatable bonds is 10. The van der Waals surface area contributed by atoms with E-state index in [4.69, 9.17) is 9.47 Å². The predicted molar refractivity (Wildman–Crippen MR) is 167 cm³/mol. The van der Waals surface area contributed by atoms with E-state index in [2.05, 4.69) is 50.9 Å². The zero-order valence-electron chi connectivity index (χ0n) is 26.4. The number of anilines is 2. The summed E-state index contributed by atoms with van der Waals surface area (Å²) in [7, 11) is 0. The fraction of sp³-hybridized carbons (Fsp3) is 0.500. The van der Waals surface area contributed by atoms with E-state index >= 15 is 0 Å². The number of carboxylic acid groups (broad SMARTS) is 1. The number of aromatic nitrogens is 4. The molecule has 1 fully saturated rings. The van der Waals surface area contributed by atoms with Gasteiger partial charge in [0, 0.05) is 48.8 Å². The smallest absolute Gasteiger partial charge is 0.407 e. The predicted octanol–water partition coefficient (Wildman–Crippen LogP) is 5.04. The molecule has 1 aliphatic heterocycles. The van der Waals surface area contributed by atoms with Crippen LogP contribution in [0.3, 0.4) is 0 Å². The van der Waals surface area contributed by atoms with Crippen LogP contribution in [0.4, 0.5) is 16.4 Å². The largest absolute Gasteiger partial charge is 0.482 e. The number of pyridine rings is 1. The summed E-state index contributed by atoms with van der Waals surface area (Å²) >= 11 is 0. The molecule has 1 aromatic carbocycles. The van der Waals surface area contributed by atoms with Crippen molar-refractivity contribution in [3.8, 4) is 17.1 Å². The van der Waals surface area contributed by atoms with Crippen LogP contribution in [0.5, 0.6) is 5.75 Å². The van der Waals surface area contributed by atoms with Crippen molar-refractivity contribution in [2.75, 3.05) is 38.1 Å². The van der Waals surface area contributed by atoms with Crippen LogP contribution in [-0.2, 0) is 16.0 Å². The minimum atomic E-state index is -0.847. The van der Waals surface area contributed by atoms with Crippen molar-refractivity contribution in [3.63, 3.8) is 0 Å². The monoisotopic (exact) mass is 605 g/mol. The Bertz CT molecular complexity index is 1440. The van der Waals surface area contributed by atoms with Gasteiger partial charge >= 0.3 is 12.1 Å². The van der Waals surface area contributed by atoms with Gasteiger partial charge in [0.1, 0.15) is 17.7 Å². The number of amides is 1. The first-order valence-electron chi connectivity index (χ1n) is 14.8. The van der Waals surface area contributed by atoms with Gasteiger partial charge in [0.15, 0.2) is 12.4 Å². The molecule has 1 amide bonds. The summed E-state index contributed by atoms with van der Waals surface area (Å²) in [5, 5.41) is 12.8. The Kier molecular flexibility index (Phi) is 10.4. The fourth-order valence-corrected chi connectivity index (χ4v) is 5.05. The van der Waals surface area contributed by atoms with E-state index in [0.717, 1.165) is 43.7 Å². The maximum Gasteiger partial charge on any atom is 0.407 e. The van der Waals surface area contributed by atoms with Gasteiger partial charge in [-0.15, -0.1) is 0 Å². The van der Waals surface area contributed by atoms with Gasteiger partial charge in [0.25, 0.3) is 0 Å². The van der Waals surface area contributed by atoms with E-state index in [1.165, 1.54) is 6.33 Å². The molecule has 0 radical (unpaired) electrons. The minimum Gasteiger partial charge on any atom is -0.482 e. The standard InChI is InChI=1S/C32H43N7O5/c1-31(2,3)26-19-38(15-16-39(26)30(41)42)14-8-10-23-17-22(12-13-33-23)28-34-21-35-29(37-28)36-24-9-7-11-25(18-24)43-20-27(40)44-32(4,5)6/h7,9,11-13,17-18,21,26H,8,10,14-16,19-20H2,1-6H3,(H,41,42)(H,34,35,36,37). The first-order valence-corrected chi connectivity index (χ1v) is 14.8. The molecule has 1 saturated heterocycles. The number of benzene rings is 1. The average molecular weight is 606 g/mol. The van der Waals surface area contributed by atoms with Crippen LogP contribution >= 0.6 is 0 Å². The number of nitrogens with zero attached hydrogens (tertiary/aromatic N) is 6. The first kappa shape index (κ1) is 32.6. The molecule has 12 heteroatoms. The molecule has 0 bridgehead atoms. The van der Waals surface area contributed by atoms with Crippen LogP contribution < -0.4 is 10.1 Å². The molecule has 0 spiro atoms. The molecule has 1 atom stereocenters. The van der Waals surface area contributed by atoms with Crippen LogP contribution in [0.2, 0.25) is 0 Å². The molecule has 3 aromatic rings. The SMILES string of the molecule is CC(C)(C)OC(=O)COc1cccc(Nc2ncnc(-c3ccnc(CCCN4CCN(C(=O)O)C(C(C)(C)C)C4)c3)n2)c1. The molecule has 4 rings (SSSR count). The molecule has 3 heterocycles. The maximum atomic E-state index is 12.0. The number of ether oxygens (including phenoxy) is 2. The van der Waals surface area contributed by atoms with Crippen molar-refractivity contribution >= 4 is 23.7 Å². The van der Waals surface area contributed by atoms with Crippen LogP contribution in [0.1, 0.15) is 53.7 Å². The lowest BCUT2D eigenvalue weighted by molar-refractivity contribution is -0.157. The molecule has 12 nitrogen and oxygen atoms in total. The second-order valence-electron chi connectivity index (χ2n) is 13.0. The summed E-state index contributed by atoms with van der Waals surface area (Å²) in [6.45, 7) is 14.3. The molecule has 1 unspecified atom stereocenters. The fourth-order valence-electron chi connectivity index (χ4n) is 5.05. The molecule has 2 N–H and O–H groups in total. The summed E-state index contributed by atoms with van der Waals surface area (Å²) in [6.07, 6.45) is 4.04. The number of hydrogen-bond acceptors (Lipinski definition) is 10. The lowest BCUT2D eigenvalue weighted by Crippen LogP contribution is -2.59. The number of piperazine rings is 1. The van der Waals surface area contributed by atoms with Gasteiger partial charge in [0.05, 0.1) is 6.04 Å². The highest BCUT2D eigenvalue weighted by Crippen LogP contribution is 2.28. The van der Waals surface area contributed by atoms with Gasteiger partial charge in [-0.25, -0.2) is 19.6 Å². The lowest BCUT2D eigenvalue weighted by atomic mass is 9.84. The number of nitrogens with one attached hydrogen (secondary N) is 1. The third-order valence-electron chi connectivity index (χ3n) is 7.13. The first-order chi connectivity index (χ1) is 20.8. The van der Waals surface area contributed by atoms with Crippen molar-refractivity contribution in [1.82, 2.24) is 29.7 Å². The van der Waals surface area contributed by atoms with Crippen molar-refractivity contribution in [2.45, 2.75) is 66.0 Å². The Morgan fingerprint density at radius 2 is 1.84 bits per heavy atom. The van der Waals surface area contributed by atoms with Crippen molar-refractivity contribution in [1.29, 1.82) is 0 Å².